The Hall–Kier alpha value is -1.49. The number of fused-ring (bicyclic) bond motifs is 1. The number of pyridine rings is 1. The fourth-order valence-electron chi connectivity index (χ4n) is 4.09. The number of piperidine rings is 1. The summed E-state index contributed by atoms with van der Waals surface area (Å²) in [4.78, 5) is 6.84. The monoisotopic (exact) mass is 369 g/mol. The van der Waals surface area contributed by atoms with E-state index in [-0.39, 0.29) is 0 Å². The first kappa shape index (κ1) is 20.2. The summed E-state index contributed by atoms with van der Waals surface area (Å²) >= 11 is 0. The van der Waals surface area contributed by atoms with Crippen LogP contribution in [0.5, 0.6) is 0 Å². The number of benzene rings is 1. The Morgan fingerprint density at radius 1 is 1.19 bits per heavy atom. The topological polar surface area (TPSA) is 48.4 Å². The van der Waals surface area contributed by atoms with Crippen LogP contribution in [0.15, 0.2) is 30.5 Å². The average molecular weight is 370 g/mol. The zero-order valence-corrected chi connectivity index (χ0v) is 17.0. The summed E-state index contributed by atoms with van der Waals surface area (Å²) in [6.07, 6.45) is 8.98. The molecule has 0 bridgehead atoms. The molecule has 0 aliphatic carbocycles. The molecule has 27 heavy (non-hydrogen) atoms. The lowest BCUT2D eigenvalue weighted by molar-refractivity contribution is 0.0950. The molecule has 0 radical (unpaired) electrons. The van der Waals surface area contributed by atoms with Crippen molar-refractivity contribution in [2.75, 3.05) is 26.2 Å². The van der Waals surface area contributed by atoms with Crippen LogP contribution in [0.2, 0.25) is 0 Å². The summed E-state index contributed by atoms with van der Waals surface area (Å²) in [6, 6.07) is 8.86. The molecule has 1 aliphatic rings. The molecule has 2 heterocycles. The summed E-state index contributed by atoms with van der Waals surface area (Å²) < 4.78 is 0. The SMILES string of the molecule is CCCCCCNC1CCN(CC(O)c2ccnc3ccc(C)cc23)CC1. The van der Waals surface area contributed by atoms with E-state index in [0.717, 1.165) is 36.1 Å². The number of hydrogen-bond acceptors (Lipinski definition) is 4. The minimum absolute atomic E-state index is 0.462. The number of nitrogens with one attached hydrogen (secondary N) is 1. The van der Waals surface area contributed by atoms with Crippen LogP contribution in [0.3, 0.4) is 0 Å². The number of hydrogen-bond donors (Lipinski definition) is 2. The van der Waals surface area contributed by atoms with Gasteiger partial charge in [0.2, 0.25) is 0 Å². The van der Waals surface area contributed by atoms with Gasteiger partial charge in [0.15, 0.2) is 0 Å². The number of rotatable bonds is 9. The molecule has 1 aliphatic heterocycles. The summed E-state index contributed by atoms with van der Waals surface area (Å²) in [5.74, 6) is 0. The Morgan fingerprint density at radius 3 is 2.78 bits per heavy atom. The van der Waals surface area contributed by atoms with E-state index >= 15 is 0 Å². The van der Waals surface area contributed by atoms with Crippen LogP contribution in [-0.2, 0) is 0 Å². The van der Waals surface area contributed by atoms with Crippen LogP contribution in [0.1, 0.15) is 62.7 Å². The van der Waals surface area contributed by atoms with E-state index in [1.165, 1.54) is 44.1 Å². The molecule has 0 saturated carbocycles. The molecule has 1 atom stereocenters. The molecule has 2 N–H and O–H groups in total. The third kappa shape index (κ3) is 5.74. The van der Waals surface area contributed by atoms with Crippen molar-refractivity contribution in [1.29, 1.82) is 0 Å². The van der Waals surface area contributed by atoms with Crippen LogP contribution >= 0.6 is 0 Å². The lowest BCUT2D eigenvalue weighted by atomic mass is 10.00. The van der Waals surface area contributed by atoms with E-state index in [9.17, 15) is 5.11 Å². The molecule has 3 rings (SSSR count). The van der Waals surface area contributed by atoms with Gasteiger partial charge in [-0.05, 0) is 69.6 Å². The molecule has 1 saturated heterocycles. The van der Waals surface area contributed by atoms with Crippen LogP contribution in [0, 0.1) is 6.92 Å². The second-order valence-electron chi connectivity index (χ2n) is 8.03. The van der Waals surface area contributed by atoms with E-state index in [1.54, 1.807) is 0 Å². The summed E-state index contributed by atoms with van der Waals surface area (Å²) in [5.41, 5.74) is 3.16. The van der Waals surface area contributed by atoms with Crippen molar-refractivity contribution in [3.05, 3.63) is 41.6 Å². The van der Waals surface area contributed by atoms with E-state index in [1.807, 2.05) is 18.3 Å². The van der Waals surface area contributed by atoms with Crippen LogP contribution in [-0.4, -0.2) is 47.2 Å². The standard InChI is InChI=1S/C23H35N3O/c1-3-4-5-6-12-24-19-10-14-26(15-11-19)17-23(27)20-9-13-25-22-8-7-18(2)16-21(20)22/h7-9,13,16,19,23-24,27H,3-6,10-12,14-15,17H2,1-2H3. The quantitative estimate of drug-likeness (QED) is 0.650. The Balaban J connectivity index is 1.49. The molecular formula is C23H35N3O. The maximum absolute atomic E-state index is 10.9. The number of nitrogens with zero attached hydrogens (tertiary/aromatic N) is 2. The number of aromatic nitrogens is 1. The number of unbranched alkanes of at least 4 members (excludes halogenated alkanes) is 3. The van der Waals surface area contributed by atoms with Gasteiger partial charge in [0.1, 0.15) is 0 Å². The summed E-state index contributed by atoms with van der Waals surface area (Å²) in [5, 5.41) is 15.7. The number of likely N-dealkylation sites (tertiary alicyclic amines) is 1. The second-order valence-corrected chi connectivity index (χ2v) is 8.03. The Morgan fingerprint density at radius 2 is 2.00 bits per heavy atom. The van der Waals surface area contributed by atoms with Gasteiger partial charge in [-0.2, -0.15) is 0 Å². The molecule has 1 aromatic heterocycles. The number of aryl methyl sites for hydroxylation is 1. The van der Waals surface area contributed by atoms with Crippen molar-refractivity contribution in [1.82, 2.24) is 15.2 Å². The molecule has 1 fully saturated rings. The number of β-amino-alcohol motifs (C(OH)–C–C–N with tert-alkyl or cyclic N) is 1. The lowest BCUT2D eigenvalue weighted by Crippen LogP contribution is -2.44. The van der Waals surface area contributed by atoms with E-state index in [2.05, 4.69) is 41.2 Å². The highest BCUT2D eigenvalue weighted by atomic mass is 16.3. The Labute approximate surface area is 164 Å². The van der Waals surface area contributed by atoms with E-state index in [0.29, 0.717) is 12.6 Å². The van der Waals surface area contributed by atoms with Gasteiger partial charge in [0, 0.05) is 24.2 Å². The Kier molecular flexibility index (Phi) is 7.62. The number of aliphatic hydroxyl groups excluding tert-OH is 1. The van der Waals surface area contributed by atoms with Crippen LogP contribution < -0.4 is 5.32 Å². The van der Waals surface area contributed by atoms with Crippen molar-refractivity contribution in [2.45, 2.75) is 64.5 Å². The molecule has 148 valence electrons. The van der Waals surface area contributed by atoms with Gasteiger partial charge < -0.3 is 15.3 Å². The van der Waals surface area contributed by atoms with Gasteiger partial charge in [-0.3, -0.25) is 4.98 Å². The maximum atomic E-state index is 10.9. The normalized spacial score (nSPS) is 17.4. The fourth-order valence-corrected chi connectivity index (χ4v) is 4.09. The molecular weight excluding hydrogens is 334 g/mol. The van der Waals surface area contributed by atoms with Gasteiger partial charge >= 0.3 is 0 Å². The highest BCUT2D eigenvalue weighted by Crippen LogP contribution is 2.25. The predicted octanol–water partition coefficient (Wildman–Crippen LogP) is 4.21. The zero-order valence-electron chi connectivity index (χ0n) is 17.0. The highest BCUT2D eigenvalue weighted by Gasteiger charge is 2.22. The van der Waals surface area contributed by atoms with E-state index in [4.69, 9.17) is 0 Å². The first-order valence-corrected chi connectivity index (χ1v) is 10.7. The smallest absolute Gasteiger partial charge is 0.0924 e. The average Bonchev–Trinajstić information content (AvgIpc) is 2.68. The molecule has 2 aromatic rings. The van der Waals surface area contributed by atoms with Gasteiger partial charge in [0.25, 0.3) is 0 Å². The largest absolute Gasteiger partial charge is 0.387 e. The first-order chi connectivity index (χ1) is 13.2. The first-order valence-electron chi connectivity index (χ1n) is 10.7. The highest BCUT2D eigenvalue weighted by molar-refractivity contribution is 5.83. The van der Waals surface area contributed by atoms with Crippen LogP contribution in [0.4, 0.5) is 0 Å². The molecule has 1 unspecified atom stereocenters. The fraction of sp³-hybridized carbons (Fsp3) is 0.609. The van der Waals surface area contributed by atoms with Gasteiger partial charge in [-0.25, -0.2) is 0 Å². The van der Waals surface area contributed by atoms with Crippen molar-refractivity contribution >= 4 is 10.9 Å². The molecule has 4 nitrogen and oxygen atoms in total. The third-order valence-electron chi connectivity index (χ3n) is 5.77. The molecule has 0 amide bonds. The van der Waals surface area contributed by atoms with Gasteiger partial charge in [0.05, 0.1) is 11.6 Å². The van der Waals surface area contributed by atoms with Crippen LogP contribution in [0.25, 0.3) is 10.9 Å². The Bertz CT molecular complexity index is 710. The van der Waals surface area contributed by atoms with Gasteiger partial charge in [-0.15, -0.1) is 0 Å². The minimum Gasteiger partial charge on any atom is -0.387 e. The van der Waals surface area contributed by atoms with Crippen molar-refractivity contribution < 1.29 is 5.11 Å². The molecule has 0 spiro atoms. The summed E-state index contributed by atoms with van der Waals surface area (Å²) in [7, 11) is 0. The maximum Gasteiger partial charge on any atom is 0.0924 e. The van der Waals surface area contributed by atoms with Crippen molar-refractivity contribution in [2.24, 2.45) is 0 Å². The number of aliphatic hydroxyl groups is 1. The zero-order chi connectivity index (χ0) is 19.1. The van der Waals surface area contributed by atoms with Crippen molar-refractivity contribution in [3.63, 3.8) is 0 Å². The lowest BCUT2D eigenvalue weighted by Gasteiger charge is -2.33. The predicted molar refractivity (Wildman–Crippen MR) is 113 cm³/mol. The second kappa shape index (κ2) is 10.2. The van der Waals surface area contributed by atoms with E-state index < -0.39 is 6.10 Å². The summed E-state index contributed by atoms with van der Waals surface area (Å²) in [6.45, 7) is 8.32. The van der Waals surface area contributed by atoms with Crippen molar-refractivity contribution in [3.8, 4) is 0 Å². The molecule has 1 aromatic carbocycles. The molecule has 4 heteroatoms. The third-order valence-corrected chi connectivity index (χ3v) is 5.77. The van der Waals surface area contributed by atoms with Gasteiger partial charge in [-0.1, -0.05) is 37.8 Å². The minimum atomic E-state index is -0.462.